The number of ketones is 1. The van der Waals surface area contributed by atoms with Gasteiger partial charge in [0.25, 0.3) is 0 Å². The second-order valence-corrected chi connectivity index (χ2v) is 4.29. The molecule has 0 saturated heterocycles. The fourth-order valence-corrected chi connectivity index (χ4v) is 1.85. The first-order chi connectivity index (χ1) is 7.18. The van der Waals surface area contributed by atoms with E-state index in [2.05, 4.69) is 0 Å². The molecule has 1 aliphatic rings. The zero-order chi connectivity index (χ0) is 10.8. The molecule has 80 valence electrons. The molecule has 1 aliphatic heterocycles. The Morgan fingerprint density at radius 1 is 1.40 bits per heavy atom. The predicted octanol–water partition coefficient (Wildman–Crippen LogP) is 2.85. The van der Waals surface area contributed by atoms with Gasteiger partial charge in [0.2, 0.25) is 0 Å². The molecule has 0 atom stereocenters. The highest BCUT2D eigenvalue weighted by Gasteiger charge is 2.15. The Kier molecular flexibility index (Phi) is 2.76. The minimum absolute atomic E-state index is 0.0626. The lowest BCUT2D eigenvalue weighted by Gasteiger charge is -2.17. The van der Waals surface area contributed by atoms with Gasteiger partial charge in [0, 0.05) is 11.5 Å². The topological polar surface area (TPSA) is 26.3 Å². The number of carbonyl (C=O) groups excluding carboxylic acids is 1. The number of ether oxygens (including phenoxy) is 1. The van der Waals surface area contributed by atoms with Gasteiger partial charge in [-0.05, 0) is 36.6 Å². The maximum atomic E-state index is 11.8. The highest BCUT2D eigenvalue weighted by atomic mass is 16.5. The summed E-state index contributed by atoms with van der Waals surface area (Å²) in [4.78, 5) is 11.8. The third-order valence-electron chi connectivity index (χ3n) is 2.72. The van der Waals surface area contributed by atoms with E-state index in [4.69, 9.17) is 4.74 Å². The van der Waals surface area contributed by atoms with Crippen molar-refractivity contribution in [1.29, 1.82) is 0 Å². The lowest BCUT2D eigenvalue weighted by Crippen LogP contribution is -2.12. The molecule has 2 rings (SSSR count). The minimum Gasteiger partial charge on any atom is -0.493 e. The van der Waals surface area contributed by atoms with Crippen LogP contribution in [-0.4, -0.2) is 12.4 Å². The highest BCUT2D eigenvalue weighted by Crippen LogP contribution is 2.26. The van der Waals surface area contributed by atoms with Crippen LogP contribution >= 0.6 is 0 Å². The summed E-state index contributed by atoms with van der Waals surface area (Å²) in [6, 6.07) is 5.77. The summed E-state index contributed by atoms with van der Waals surface area (Å²) in [7, 11) is 0. The molecule has 0 fully saturated rings. The van der Waals surface area contributed by atoms with E-state index in [1.807, 2.05) is 32.0 Å². The van der Waals surface area contributed by atoms with Crippen molar-refractivity contribution in [2.24, 2.45) is 5.92 Å². The minimum atomic E-state index is 0.0626. The number of hydrogen-bond acceptors (Lipinski definition) is 2. The molecule has 2 nitrogen and oxygen atoms in total. The summed E-state index contributed by atoms with van der Waals surface area (Å²) in [5.41, 5.74) is 1.99. The van der Waals surface area contributed by atoms with Crippen LogP contribution in [-0.2, 0) is 6.42 Å². The van der Waals surface area contributed by atoms with Gasteiger partial charge in [-0.3, -0.25) is 4.79 Å². The zero-order valence-electron chi connectivity index (χ0n) is 9.25. The Morgan fingerprint density at radius 3 is 2.93 bits per heavy atom. The average Bonchev–Trinajstić information content (AvgIpc) is 2.27. The molecule has 0 aliphatic carbocycles. The van der Waals surface area contributed by atoms with Crippen LogP contribution in [0.1, 0.15) is 36.2 Å². The number of Topliss-reactive ketones (excluding diaryl/α,β-unsaturated/α-hetero) is 1. The molecule has 0 saturated carbocycles. The lowest BCUT2D eigenvalue weighted by molar-refractivity contribution is 0.0939. The van der Waals surface area contributed by atoms with E-state index in [0.717, 1.165) is 30.8 Å². The molecule has 0 amide bonds. The number of rotatable bonds is 2. The first kappa shape index (κ1) is 10.2. The Labute approximate surface area is 90.3 Å². The Hall–Kier alpha value is -1.31. The van der Waals surface area contributed by atoms with Crippen molar-refractivity contribution in [3.63, 3.8) is 0 Å². The molecule has 1 aromatic rings. The number of hydrogen-bond donors (Lipinski definition) is 0. The number of benzene rings is 1. The van der Waals surface area contributed by atoms with Crippen molar-refractivity contribution in [3.05, 3.63) is 29.3 Å². The third-order valence-corrected chi connectivity index (χ3v) is 2.72. The van der Waals surface area contributed by atoms with Crippen LogP contribution in [0.5, 0.6) is 5.75 Å². The highest BCUT2D eigenvalue weighted by molar-refractivity contribution is 5.97. The lowest BCUT2D eigenvalue weighted by atomic mass is 9.97. The summed E-state index contributed by atoms with van der Waals surface area (Å²) in [5.74, 6) is 1.22. The van der Waals surface area contributed by atoms with E-state index in [0.29, 0.717) is 0 Å². The molecule has 1 heterocycles. The first-order valence-corrected chi connectivity index (χ1v) is 5.48. The average molecular weight is 204 g/mol. The largest absolute Gasteiger partial charge is 0.493 e. The quantitative estimate of drug-likeness (QED) is 0.692. The molecule has 0 bridgehead atoms. The van der Waals surface area contributed by atoms with Crippen LogP contribution < -0.4 is 4.74 Å². The van der Waals surface area contributed by atoms with Gasteiger partial charge in [-0.1, -0.05) is 13.8 Å². The standard InChI is InChI=1S/C13H16O2/c1-9(2)13(14)11-5-6-12-10(8-11)4-3-7-15-12/h5-6,8-9H,3-4,7H2,1-2H3. The second-order valence-electron chi connectivity index (χ2n) is 4.29. The van der Waals surface area contributed by atoms with E-state index in [9.17, 15) is 4.79 Å². The summed E-state index contributed by atoms with van der Waals surface area (Å²) >= 11 is 0. The number of fused-ring (bicyclic) bond motifs is 1. The molecule has 0 radical (unpaired) electrons. The van der Waals surface area contributed by atoms with E-state index in [1.165, 1.54) is 5.56 Å². The Bertz CT molecular complexity index is 380. The third kappa shape index (κ3) is 2.04. The smallest absolute Gasteiger partial charge is 0.165 e. The van der Waals surface area contributed by atoms with Crippen LogP contribution in [0, 0.1) is 5.92 Å². The first-order valence-electron chi connectivity index (χ1n) is 5.48. The molecule has 0 aromatic heterocycles. The molecule has 0 N–H and O–H groups in total. The van der Waals surface area contributed by atoms with Gasteiger partial charge in [0.05, 0.1) is 6.61 Å². The van der Waals surface area contributed by atoms with E-state index < -0.39 is 0 Å². The van der Waals surface area contributed by atoms with Crippen LogP contribution in [0.25, 0.3) is 0 Å². The molecular weight excluding hydrogens is 188 g/mol. The van der Waals surface area contributed by atoms with Crippen molar-refractivity contribution >= 4 is 5.78 Å². The molecular formula is C13H16O2. The Balaban J connectivity index is 2.32. The van der Waals surface area contributed by atoms with Crippen molar-refractivity contribution in [2.75, 3.05) is 6.61 Å². The summed E-state index contributed by atoms with van der Waals surface area (Å²) < 4.78 is 5.51. The fourth-order valence-electron chi connectivity index (χ4n) is 1.85. The van der Waals surface area contributed by atoms with Gasteiger partial charge in [-0.15, -0.1) is 0 Å². The van der Waals surface area contributed by atoms with Gasteiger partial charge in [-0.25, -0.2) is 0 Å². The van der Waals surface area contributed by atoms with Gasteiger partial charge in [-0.2, -0.15) is 0 Å². The van der Waals surface area contributed by atoms with E-state index >= 15 is 0 Å². The van der Waals surface area contributed by atoms with Crippen molar-refractivity contribution in [1.82, 2.24) is 0 Å². The SMILES string of the molecule is CC(C)C(=O)c1ccc2c(c1)CCCO2. The Morgan fingerprint density at radius 2 is 2.20 bits per heavy atom. The van der Waals surface area contributed by atoms with Crippen LogP contribution in [0.3, 0.4) is 0 Å². The molecule has 1 aromatic carbocycles. The van der Waals surface area contributed by atoms with Crippen LogP contribution in [0.4, 0.5) is 0 Å². The summed E-state index contributed by atoms with van der Waals surface area (Å²) in [6.07, 6.45) is 2.07. The fraction of sp³-hybridized carbons (Fsp3) is 0.462. The van der Waals surface area contributed by atoms with Gasteiger partial charge < -0.3 is 4.74 Å². The molecule has 2 heteroatoms. The van der Waals surface area contributed by atoms with Crippen molar-refractivity contribution < 1.29 is 9.53 Å². The van der Waals surface area contributed by atoms with Crippen LogP contribution in [0.2, 0.25) is 0 Å². The van der Waals surface area contributed by atoms with Crippen molar-refractivity contribution in [3.8, 4) is 5.75 Å². The van der Waals surface area contributed by atoms with E-state index in [-0.39, 0.29) is 11.7 Å². The van der Waals surface area contributed by atoms with E-state index in [1.54, 1.807) is 0 Å². The molecule has 0 unspecified atom stereocenters. The van der Waals surface area contributed by atoms with Gasteiger partial charge in [0.15, 0.2) is 5.78 Å². The summed E-state index contributed by atoms with van der Waals surface area (Å²) in [6.45, 7) is 4.65. The second kappa shape index (κ2) is 4.05. The van der Waals surface area contributed by atoms with Gasteiger partial charge >= 0.3 is 0 Å². The summed E-state index contributed by atoms with van der Waals surface area (Å²) in [5, 5.41) is 0. The number of aryl methyl sites for hydroxylation is 1. The normalized spacial score (nSPS) is 14.6. The van der Waals surface area contributed by atoms with Crippen LogP contribution in [0.15, 0.2) is 18.2 Å². The zero-order valence-corrected chi connectivity index (χ0v) is 9.25. The van der Waals surface area contributed by atoms with Crippen molar-refractivity contribution in [2.45, 2.75) is 26.7 Å². The predicted molar refractivity (Wildman–Crippen MR) is 59.4 cm³/mol. The molecule has 0 spiro atoms. The monoisotopic (exact) mass is 204 g/mol. The maximum absolute atomic E-state index is 11.8. The maximum Gasteiger partial charge on any atom is 0.165 e. The number of carbonyl (C=O) groups is 1. The van der Waals surface area contributed by atoms with Gasteiger partial charge in [0.1, 0.15) is 5.75 Å². The molecule has 15 heavy (non-hydrogen) atoms.